The van der Waals surface area contributed by atoms with E-state index in [2.05, 4.69) is 24.3 Å². The SMILES string of the molecule is C1=CCCCCC1.C1=CCCCCC1.O=[N+]([O-])O.[Ag+].[CH3-]. The average molecular weight is 378 g/mol. The molecule has 20 heavy (non-hydrogen) atoms. The Morgan fingerprint density at radius 1 is 0.750 bits per heavy atom. The Bertz CT molecular complexity index is 216. The van der Waals surface area contributed by atoms with Gasteiger partial charge >= 0.3 is 22.4 Å². The van der Waals surface area contributed by atoms with Crippen LogP contribution in [-0.4, -0.2) is 10.3 Å². The van der Waals surface area contributed by atoms with Crippen molar-refractivity contribution in [3.8, 4) is 0 Å². The average Bonchev–Trinajstić information content (AvgIpc) is 2.79. The van der Waals surface area contributed by atoms with Gasteiger partial charge in [-0.05, 0) is 51.4 Å². The van der Waals surface area contributed by atoms with Crippen molar-refractivity contribution in [3.05, 3.63) is 41.8 Å². The van der Waals surface area contributed by atoms with Crippen molar-refractivity contribution in [1.82, 2.24) is 0 Å². The van der Waals surface area contributed by atoms with E-state index >= 15 is 0 Å². The zero-order chi connectivity index (χ0) is 13.5. The second-order valence-electron chi connectivity index (χ2n) is 4.46. The molecule has 122 valence electrons. The molecule has 0 saturated heterocycles. The Labute approximate surface area is 139 Å². The van der Waals surface area contributed by atoms with Gasteiger partial charge < -0.3 is 12.6 Å². The van der Waals surface area contributed by atoms with E-state index in [-0.39, 0.29) is 29.8 Å². The summed E-state index contributed by atoms with van der Waals surface area (Å²) in [4.78, 5) is 8.36. The summed E-state index contributed by atoms with van der Waals surface area (Å²) in [5, 5.41) is 13.6. The van der Waals surface area contributed by atoms with Crippen molar-refractivity contribution in [3.63, 3.8) is 0 Å². The smallest absolute Gasteiger partial charge is 0.358 e. The molecule has 0 aromatic heterocycles. The quantitative estimate of drug-likeness (QED) is 0.209. The van der Waals surface area contributed by atoms with Gasteiger partial charge in [0.1, 0.15) is 0 Å². The van der Waals surface area contributed by atoms with Gasteiger partial charge in [-0.25, -0.2) is 0 Å². The number of allylic oxidation sites excluding steroid dienone is 4. The third-order valence-electron chi connectivity index (χ3n) is 2.82. The van der Waals surface area contributed by atoms with Gasteiger partial charge in [0.2, 0.25) is 0 Å². The first-order chi connectivity index (χ1) is 8.73. The molecule has 0 radical (unpaired) electrons. The van der Waals surface area contributed by atoms with Crippen LogP contribution < -0.4 is 0 Å². The molecule has 2 aliphatic carbocycles. The molecule has 5 heteroatoms. The van der Waals surface area contributed by atoms with E-state index in [1.807, 2.05) is 0 Å². The summed E-state index contributed by atoms with van der Waals surface area (Å²) in [5.41, 5.74) is 0. The second kappa shape index (κ2) is 20.7. The Kier molecular flexibility index (Phi) is 25.3. The summed E-state index contributed by atoms with van der Waals surface area (Å²) in [7, 11) is 0. The van der Waals surface area contributed by atoms with Gasteiger partial charge in [0, 0.05) is 0 Å². The van der Waals surface area contributed by atoms with Crippen molar-refractivity contribution in [2.45, 2.75) is 64.2 Å². The van der Waals surface area contributed by atoms with Crippen LogP contribution in [0.2, 0.25) is 0 Å². The minimum Gasteiger partial charge on any atom is -0.358 e. The van der Waals surface area contributed by atoms with Crippen LogP contribution in [0.5, 0.6) is 0 Å². The van der Waals surface area contributed by atoms with Crippen LogP contribution in [0.1, 0.15) is 64.2 Å². The molecule has 1 N–H and O–H groups in total. The van der Waals surface area contributed by atoms with Gasteiger partial charge in [0.25, 0.3) is 5.09 Å². The summed E-state index contributed by atoms with van der Waals surface area (Å²) in [6, 6.07) is 0. The zero-order valence-corrected chi connectivity index (χ0v) is 13.9. The fraction of sp³-hybridized carbons (Fsp3) is 0.667. The van der Waals surface area contributed by atoms with Gasteiger partial charge in [0.15, 0.2) is 0 Å². The summed E-state index contributed by atoms with van der Waals surface area (Å²) < 4.78 is 0. The van der Waals surface area contributed by atoms with E-state index in [1.165, 1.54) is 64.2 Å². The number of nitrogens with zero attached hydrogens (tertiary/aromatic N) is 1. The van der Waals surface area contributed by atoms with Crippen molar-refractivity contribution >= 4 is 0 Å². The molecule has 2 aliphatic rings. The number of rotatable bonds is 0. The summed E-state index contributed by atoms with van der Waals surface area (Å²) in [6.07, 6.45) is 23.0. The number of hydrogen-bond acceptors (Lipinski definition) is 2. The fourth-order valence-corrected chi connectivity index (χ4v) is 1.87. The van der Waals surface area contributed by atoms with Crippen LogP contribution in [0.3, 0.4) is 0 Å². The minimum absolute atomic E-state index is 0. The molecule has 0 saturated carbocycles. The first-order valence-electron chi connectivity index (χ1n) is 6.86. The van der Waals surface area contributed by atoms with Crippen molar-refractivity contribution in [2.75, 3.05) is 0 Å². The Balaban J connectivity index is -0.000000215. The summed E-state index contributed by atoms with van der Waals surface area (Å²) in [6.45, 7) is 0. The summed E-state index contributed by atoms with van der Waals surface area (Å²) >= 11 is 0. The van der Waals surface area contributed by atoms with Crippen LogP contribution >= 0.6 is 0 Å². The first-order valence-corrected chi connectivity index (χ1v) is 6.86. The molecule has 2 rings (SSSR count). The van der Waals surface area contributed by atoms with E-state index in [4.69, 9.17) is 15.3 Å². The van der Waals surface area contributed by atoms with Crippen LogP contribution in [0.4, 0.5) is 0 Å². The minimum atomic E-state index is -1.50. The van der Waals surface area contributed by atoms with Crippen molar-refractivity contribution < 1.29 is 32.7 Å². The van der Waals surface area contributed by atoms with Crippen molar-refractivity contribution in [2.24, 2.45) is 0 Å². The predicted octanol–water partition coefficient (Wildman–Crippen LogP) is 5.11. The van der Waals surface area contributed by atoms with E-state index in [1.54, 1.807) is 0 Å². The standard InChI is InChI=1S/2C7H12.CH3.Ag.HNO3/c2*1-2-4-6-7-5-3-1;;;2-1(3)4/h2*1-2H,3-7H2;1H3;;(H,2,3,4)/q;;-1;+1;. The van der Waals surface area contributed by atoms with E-state index in [0.29, 0.717) is 0 Å². The monoisotopic (exact) mass is 377 g/mol. The van der Waals surface area contributed by atoms with E-state index < -0.39 is 5.09 Å². The van der Waals surface area contributed by atoms with E-state index in [9.17, 15) is 0 Å². The third-order valence-corrected chi connectivity index (χ3v) is 2.82. The van der Waals surface area contributed by atoms with Crippen LogP contribution in [0, 0.1) is 17.5 Å². The van der Waals surface area contributed by atoms with Crippen LogP contribution in [-0.2, 0) is 22.4 Å². The molecule has 0 atom stereocenters. The molecule has 0 aromatic carbocycles. The first kappa shape index (κ1) is 24.4. The second-order valence-corrected chi connectivity index (χ2v) is 4.46. The van der Waals surface area contributed by atoms with Gasteiger partial charge in [0.05, 0.1) is 0 Å². The van der Waals surface area contributed by atoms with Crippen molar-refractivity contribution in [1.29, 1.82) is 0 Å². The van der Waals surface area contributed by atoms with Gasteiger partial charge in [-0.3, -0.25) is 0 Å². The molecule has 0 unspecified atom stereocenters. The molecule has 0 aromatic rings. The largest absolute Gasteiger partial charge is 1.00 e. The maximum atomic E-state index is 8.36. The molecule has 0 spiro atoms. The van der Waals surface area contributed by atoms with E-state index in [0.717, 1.165) is 0 Å². The Hall–Kier alpha value is -0.580. The maximum Gasteiger partial charge on any atom is 1.00 e. The third kappa shape index (κ3) is 26.1. The molecular weight excluding hydrogens is 350 g/mol. The van der Waals surface area contributed by atoms with Gasteiger partial charge in [-0.15, -0.1) is 10.1 Å². The van der Waals surface area contributed by atoms with Gasteiger partial charge in [-0.2, -0.15) is 0 Å². The fourth-order valence-electron chi connectivity index (χ4n) is 1.87. The number of hydrogen-bond donors (Lipinski definition) is 1. The van der Waals surface area contributed by atoms with Gasteiger partial charge in [-0.1, -0.05) is 37.1 Å². The molecular formula is C15H28AgNO3. The summed E-state index contributed by atoms with van der Waals surface area (Å²) in [5.74, 6) is 0. The molecule has 0 bridgehead atoms. The molecule has 0 aliphatic heterocycles. The maximum absolute atomic E-state index is 8.36. The topological polar surface area (TPSA) is 63.4 Å². The molecule has 4 nitrogen and oxygen atoms in total. The Morgan fingerprint density at radius 2 is 0.950 bits per heavy atom. The molecule has 0 amide bonds. The predicted molar refractivity (Wildman–Crippen MR) is 79.6 cm³/mol. The Morgan fingerprint density at radius 3 is 1.15 bits per heavy atom. The molecule has 0 heterocycles. The zero-order valence-electron chi connectivity index (χ0n) is 12.4. The molecule has 0 fully saturated rings. The van der Waals surface area contributed by atoms with Crippen LogP contribution in [0.25, 0.3) is 0 Å². The normalized spacial score (nSPS) is 16.4. The van der Waals surface area contributed by atoms with Crippen LogP contribution in [0.15, 0.2) is 24.3 Å².